The SMILES string of the molecule is CCC1(CCCCN2CCN(c3ccc(F)cc3CN)CC2)C(=O)Nc2ccccc21. The van der Waals surface area contributed by atoms with E-state index in [2.05, 4.69) is 28.1 Å². The zero-order chi connectivity index (χ0) is 21.8. The molecule has 1 amide bonds. The molecule has 2 aliphatic rings. The van der Waals surface area contributed by atoms with Crippen LogP contribution in [0.25, 0.3) is 0 Å². The molecule has 0 aliphatic carbocycles. The largest absolute Gasteiger partial charge is 0.369 e. The number of unbranched alkanes of at least 4 members (excludes halogenated alkanes) is 1. The lowest BCUT2D eigenvalue weighted by Crippen LogP contribution is -2.47. The number of carbonyl (C=O) groups excluding carboxylic acids is 1. The number of benzene rings is 2. The number of fused-ring (bicyclic) bond motifs is 1. The van der Waals surface area contributed by atoms with Crippen LogP contribution in [0, 0.1) is 5.82 Å². The molecule has 166 valence electrons. The highest BCUT2D eigenvalue weighted by Crippen LogP contribution is 2.43. The minimum atomic E-state index is -0.378. The quantitative estimate of drug-likeness (QED) is 0.632. The van der Waals surface area contributed by atoms with E-state index < -0.39 is 0 Å². The van der Waals surface area contributed by atoms with Crippen molar-refractivity contribution in [3.05, 3.63) is 59.4 Å². The highest BCUT2D eigenvalue weighted by Gasteiger charge is 2.44. The Bertz CT molecular complexity index is 925. The van der Waals surface area contributed by atoms with Crippen molar-refractivity contribution in [2.45, 2.75) is 44.6 Å². The van der Waals surface area contributed by atoms with E-state index in [9.17, 15) is 9.18 Å². The summed E-state index contributed by atoms with van der Waals surface area (Å²) >= 11 is 0. The average molecular weight is 425 g/mol. The van der Waals surface area contributed by atoms with Crippen molar-refractivity contribution in [1.29, 1.82) is 0 Å². The van der Waals surface area contributed by atoms with Gasteiger partial charge in [0.2, 0.25) is 5.91 Å². The molecular weight excluding hydrogens is 391 g/mol. The fourth-order valence-corrected chi connectivity index (χ4v) is 5.15. The van der Waals surface area contributed by atoms with Crippen LogP contribution in [0.15, 0.2) is 42.5 Å². The lowest BCUT2D eigenvalue weighted by atomic mass is 9.75. The average Bonchev–Trinajstić information content (AvgIpc) is 3.08. The van der Waals surface area contributed by atoms with E-state index in [0.29, 0.717) is 6.54 Å². The minimum Gasteiger partial charge on any atom is -0.369 e. The summed E-state index contributed by atoms with van der Waals surface area (Å²) in [6, 6.07) is 13.0. The third-order valence-electron chi connectivity index (χ3n) is 7.03. The van der Waals surface area contributed by atoms with Crippen molar-refractivity contribution in [3.8, 4) is 0 Å². The van der Waals surface area contributed by atoms with Gasteiger partial charge in [0.1, 0.15) is 5.82 Å². The molecule has 5 nitrogen and oxygen atoms in total. The van der Waals surface area contributed by atoms with Gasteiger partial charge in [-0.05, 0) is 61.2 Å². The molecule has 2 aromatic carbocycles. The third kappa shape index (κ3) is 4.32. The Morgan fingerprint density at radius 1 is 1.10 bits per heavy atom. The summed E-state index contributed by atoms with van der Waals surface area (Å²) in [7, 11) is 0. The number of halogens is 1. The van der Waals surface area contributed by atoms with Crippen molar-refractivity contribution < 1.29 is 9.18 Å². The van der Waals surface area contributed by atoms with E-state index in [4.69, 9.17) is 5.73 Å². The van der Waals surface area contributed by atoms with E-state index in [1.165, 1.54) is 6.07 Å². The molecule has 1 saturated heterocycles. The lowest BCUT2D eigenvalue weighted by molar-refractivity contribution is -0.121. The Labute approximate surface area is 184 Å². The number of nitrogens with two attached hydrogens (primary N) is 1. The molecule has 1 fully saturated rings. The van der Waals surface area contributed by atoms with Gasteiger partial charge in [-0.3, -0.25) is 9.69 Å². The second kappa shape index (κ2) is 9.37. The number of piperazine rings is 1. The molecule has 1 unspecified atom stereocenters. The number of para-hydroxylation sites is 1. The molecule has 3 N–H and O–H groups in total. The Hall–Kier alpha value is -2.44. The van der Waals surface area contributed by atoms with Crippen molar-refractivity contribution >= 4 is 17.3 Å². The molecule has 0 aromatic heterocycles. The van der Waals surface area contributed by atoms with Crippen LogP contribution in [0.2, 0.25) is 0 Å². The molecule has 0 radical (unpaired) electrons. The second-order valence-electron chi connectivity index (χ2n) is 8.70. The summed E-state index contributed by atoms with van der Waals surface area (Å²) in [5, 5.41) is 3.08. The summed E-state index contributed by atoms with van der Waals surface area (Å²) in [4.78, 5) is 17.6. The first-order valence-electron chi connectivity index (χ1n) is 11.4. The molecule has 0 bridgehead atoms. The molecule has 4 rings (SSSR count). The fraction of sp³-hybridized carbons (Fsp3) is 0.480. The highest BCUT2D eigenvalue weighted by molar-refractivity contribution is 6.06. The van der Waals surface area contributed by atoms with Crippen molar-refractivity contribution in [2.24, 2.45) is 5.73 Å². The normalized spacial score (nSPS) is 21.3. The number of nitrogens with one attached hydrogen (secondary N) is 1. The molecule has 0 saturated carbocycles. The number of rotatable bonds is 8. The summed E-state index contributed by atoms with van der Waals surface area (Å²) in [5.41, 5.74) is 9.49. The molecule has 1 atom stereocenters. The molecule has 6 heteroatoms. The van der Waals surface area contributed by atoms with Crippen LogP contribution in [0.4, 0.5) is 15.8 Å². The first kappa shape index (κ1) is 21.8. The topological polar surface area (TPSA) is 61.6 Å². The van der Waals surface area contributed by atoms with Gasteiger partial charge >= 0.3 is 0 Å². The van der Waals surface area contributed by atoms with E-state index in [-0.39, 0.29) is 17.1 Å². The van der Waals surface area contributed by atoms with Crippen LogP contribution in [0.1, 0.15) is 43.7 Å². The molecule has 31 heavy (non-hydrogen) atoms. The third-order valence-corrected chi connectivity index (χ3v) is 7.03. The van der Waals surface area contributed by atoms with Crippen LogP contribution in [-0.4, -0.2) is 43.5 Å². The van der Waals surface area contributed by atoms with Gasteiger partial charge in [0.25, 0.3) is 0 Å². The zero-order valence-electron chi connectivity index (χ0n) is 18.4. The highest BCUT2D eigenvalue weighted by atomic mass is 19.1. The maximum absolute atomic E-state index is 13.5. The van der Waals surface area contributed by atoms with Crippen LogP contribution < -0.4 is 16.0 Å². The first-order valence-corrected chi connectivity index (χ1v) is 11.4. The summed E-state index contributed by atoms with van der Waals surface area (Å²) in [6.07, 6.45) is 3.84. The summed E-state index contributed by atoms with van der Waals surface area (Å²) in [6.45, 7) is 7.34. The molecule has 2 aromatic rings. The van der Waals surface area contributed by atoms with Crippen LogP contribution >= 0.6 is 0 Å². The molecule has 0 spiro atoms. The summed E-state index contributed by atoms with van der Waals surface area (Å²) in [5.74, 6) is -0.0777. The maximum Gasteiger partial charge on any atom is 0.235 e. The number of hydrogen-bond acceptors (Lipinski definition) is 4. The predicted octanol–water partition coefficient (Wildman–Crippen LogP) is 3.88. The Kier molecular flexibility index (Phi) is 6.58. The van der Waals surface area contributed by atoms with Crippen molar-refractivity contribution in [1.82, 2.24) is 4.90 Å². The minimum absolute atomic E-state index is 0.153. The summed E-state index contributed by atoms with van der Waals surface area (Å²) < 4.78 is 13.5. The van der Waals surface area contributed by atoms with Crippen molar-refractivity contribution in [2.75, 3.05) is 42.9 Å². The fourth-order valence-electron chi connectivity index (χ4n) is 5.15. The van der Waals surface area contributed by atoms with Gasteiger partial charge in [0.15, 0.2) is 0 Å². The van der Waals surface area contributed by atoms with Gasteiger partial charge in [-0.25, -0.2) is 4.39 Å². The zero-order valence-corrected chi connectivity index (χ0v) is 18.4. The van der Waals surface area contributed by atoms with Gasteiger partial charge in [-0.1, -0.05) is 31.5 Å². The van der Waals surface area contributed by atoms with Crippen LogP contribution in [0.3, 0.4) is 0 Å². The Morgan fingerprint density at radius 2 is 1.87 bits per heavy atom. The van der Waals surface area contributed by atoms with Crippen LogP contribution in [-0.2, 0) is 16.8 Å². The molecule has 2 heterocycles. The van der Waals surface area contributed by atoms with Gasteiger partial charge in [-0.2, -0.15) is 0 Å². The van der Waals surface area contributed by atoms with Crippen molar-refractivity contribution in [3.63, 3.8) is 0 Å². The molecule has 2 aliphatic heterocycles. The van der Waals surface area contributed by atoms with Gasteiger partial charge < -0.3 is 16.0 Å². The number of amides is 1. The number of anilines is 2. The van der Waals surface area contributed by atoms with E-state index in [1.54, 1.807) is 6.07 Å². The second-order valence-corrected chi connectivity index (χ2v) is 8.70. The number of carbonyl (C=O) groups is 1. The van der Waals surface area contributed by atoms with Crippen LogP contribution in [0.5, 0.6) is 0 Å². The molecular formula is C25H33FN4O. The monoisotopic (exact) mass is 424 g/mol. The first-order chi connectivity index (χ1) is 15.1. The smallest absolute Gasteiger partial charge is 0.235 e. The predicted molar refractivity (Wildman–Crippen MR) is 124 cm³/mol. The Morgan fingerprint density at radius 3 is 2.61 bits per heavy atom. The van der Waals surface area contributed by atoms with E-state index in [0.717, 1.165) is 80.9 Å². The van der Waals surface area contributed by atoms with E-state index in [1.807, 2.05) is 24.3 Å². The number of hydrogen-bond donors (Lipinski definition) is 2. The van der Waals surface area contributed by atoms with Gasteiger partial charge in [0.05, 0.1) is 5.41 Å². The standard InChI is InChI=1S/C25H33FN4O/c1-2-25(21-7-3-4-8-22(21)28-24(25)31)11-5-6-12-29-13-15-30(16-14-29)23-10-9-20(26)17-19(23)18-27/h3-4,7-10,17H,2,5-6,11-16,18,27H2,1H3,(H,28,31). The lowest BCUT2D eigenvalue weighted by Gasteiger charge is -2.37. The number of nitrogens with zero attached hydrogens (tertiary/aromatic N) is 2. The van der Waals surface area contributed by atoms with Gasteiger partial charge in [0, 0.05) is 44.1 Å². The van der Waals surface area contributed by atoms with E-state index >= 15 is 0 Å². The maximum atomic E-state index is 13.5. The Balaban J connectivity index is 1.27. The van der Waals surface area contributed by atoms with Gasteiger partial charge in [-0.15, -0.1) is 0 Å².